The lowest BCUT2D eigenvalue weighted by Gasteiger charge is -2.36. The fraction of sp³-hybridized carbons (Fsp3) is 0.323. The number of aryl methyl sites for hydroxylation is 1. The van der Waals surface area contributed by atoms with Gasteiger partial charge in [-0.05, 0) is 48.4 Å². The average molecular weight is 658 g/mol. The molecule has 242 valence electrons. The Hall–Kier alpha value is -4.87. The van der Waals surface area contributed by atoms with E-state index in [0.717, 1.165) is 17.8 Å². The smallest absolute Gasteiger partial charge is 0.416 e. The van der Waals surface area contributed by atoms with Gasteiger partial charge in [0.1, 0.15) is 24.5 Å². The van der Waals surface area contributed by atoms with Crippen LogP contribution in [-0.4, -0.2) is 58.0 Å². The number of allylic oxidation sites excluding steroid dienone is 1. The highest BCUT2D eigenvalue weighted by atomic mass is 35.5. The van der Waals surface area contributed by atoms with E-state index in [2.05, 4.69) is 21.3 Å². The number of nitrogens with one attached hydrogen (secondary N) is 1. The molecule has 1 atom stereocenters. The first kappa shape index (κ1) is 34.0. The number of likely N-dealkylation sites (N-methyl/N-ethyl adjacent to an activating group) is 1. The van der Waals surface area contributed by atoms with Gasteiger partial charge in [-0.1, -0.05) is 12.1 Å². The second kappa shape index (κ2) is 12.9. The van der Waals surface area contributed by atoms with Crippen LogP contribution in [0.3, 0.4) is 0 Å². The molecule has 0 saturated carbocycles. The van der Waals surface area contributed by atoms with E-state index < -0.39 is 29.4 Å². The van der Waals surface area contributed by atoms with Crippen molar-refractivity contribution in [3.05, 3.63) is 104 Å². The number of quaternary nitrogens is 1. The number of benzene rings is 2. The Balaban J connectivity index is 0.00000480. The molecule has 1 aliphatic rings. The Morgan fingerprint density at radius 3 is 2.57 bits per heavy atom. The number of esters is 1. The Labute approximate surface area is 268 Å². The summed E-state index contributed by atoms with van der Waals surface area (Å²) < 4.78 is 53.2. The number of aromatic nitrogens is 4. The predicted molar refractivity (Wildman–Crippen MR) is 156 cm³/mol. The number of nitrogens with zero attached hydrogens (tertiary/aromatic N) is 6. The maximum Gasteiger partial charge on any atom is 0.416 e. The standard InChI is InChI=1S/C31H30F3N7O4.ClH/c1-18-26(28(42)44-5)27(40-29(37-38-30(40)43)39(18)24-8-6-7-22(14-24)31(32,33)34)25-10-9-20(15-35)13-21(25)11-12-41(3,4)16-23-17-45-19(2)36-23;/h6-10,13-14,17,27H,11-12,16H2,1-5H3;1H/t27-;/m1./s1. The molecule has 0 fully saturated rings. The molecule has 1 aliphatic heterocycles. The number of carbonyl (C=O) groups excluding carboxylic acids is 1. The van der Waals surface area contributed by atoms with Crippen LogP contribution in [0, 0.1) is 18.3 Å². The van der Waals surface area contributed by atoms with Crippen molar-refractivity contribution in [3.8, 4) is 6.07 Å². The van der Waals surface area contributed by atoms with Gasteiger partial charge in [-0.2, -0.15) is 18.4 Å². The maximum atomic E-state index is 13.6. The van der Waals surface area contributed by atoms with E-state index in [1.807, 2.05) is 14.1 Å². The van der Waals surface area contributed by atoms with E-state index in [9.17, 15) is 28.0 Å². The van der Waals surface area contributed by atoms with Crippen molar-refractivity contribution in [1.82, 2.24) is 19.7 Å². The first-order valence-corrected chi connectivity index (χ1v) is 13.9. The van der Waals surface area contributed by atoms with Crippen LogP contribution in [0.5, 0.6) is 0 Å². The zero-order valence-corrected chi connectivity index (χ0v) is 26.4. The van der Waals surface area contributed by atoms with Crippen LogP contribution in [0.1, 0.15) is 46.8 Å². The monoisotopic (exact) mass is 657 g/mol. The molecule has 3 heterocycles. The molecule has 0 saturated heterocycles. The molecule has 4 aromatic rings. The van der Waals surface area contributed by atoms with E-state index in [4.69, 9.17) is 9.15 Å². The number of ether oxygens (including phenoxy) is 1. The van der Waals surface area contributed by atoms with E-state index in [1.165, 1.54) is 28.7 Å². The van der Waals surface area contributed by atoms with Crippen LogP contribution in [0.2, 0.25) is 0 Å². The van der Waals surface area contributed by atoms with Crippen LogP contribution in [0.4, 0.5) is 24.8 Å². The van der Waals surface area contributed by atoms with E-state index in [1.54, 1.807) is 38.3 Å². The fourth-order valence-electron chi connectivity index (χ4n) is 5.66. The number of halogens is 4. The van der Waals surface area contributed by atoms with Gasteiger partial charge in [0.15, 0.2) is 5.89 Å². The first-order chi connectivity index (χ1) is 21.2. The number of oxazole rings is 1. The molecular weight excluding hydrogens is 627 g/mol. The number of methoxy groups -OCH3 is 1. The Bertz CT molecular complexity index is 1900. The van der Waals surface area contributed by atoms with Crippen LogP contribution >= 0.6 is 0 Å². The minimum atomic E-state index is -4.63. The lowest BCUT2D eigenvalue weighted by molar-refractivity contribution is -0.903. The van der Waals surface area contributed by atoms with Crippen LogP contribution in [0.25, 0.3) is 0 Å². The van der Waals surface area contributed by atoms with Gasteiger partial charge in [-0.15, -0.1) is 5.10 Å². The number of rotatable bonds is 8. The lowest BCUT2D eigenvalue weighted by Crippen LogP contribution is -3.00. The van der Waals surface area contributed by atoms with E-state index in [0.29, 0.717) is 46.6 Å². The Morgan fingerprint density at radius 1 is 1.20 bits per heavy atom. The third kappa shape index (κ3) is 6.56. The molecule has 0 bridgehead atoms. The average Bonchev–Trinajstić information content (AvgIpc) is 3.58. The molecule has 0 radical (unpaired) electrons. The molecule has 0 aliphatic carbocycles. The van der Waals surface area contributed by atoms with Gasteiger partial charge in [0, 0.05) is 24.7 Å². The molecule has 15 heteroatoms. The number of aromatic amines is 1. The number of alkyl halides is 3. The van der Waals surface area contributed by atoms with Crippen molar-refractivity contribution in [3.63, 3.8) is 0 Å². The summed E-state index contributed by atoms with van der Waals surface area (Å²) in [6.07, 6.45) is -2.57. The summed E-state index contributed by atoms with van der Waals surface area (Å²) in [7, 11) is 5.23. The molecule has 2 aromatic heterocycles. The van der Waals surface area contributed by atoms with Crippen molar-refractivity contribution in [1.29, 1.82) is 5.26 Å². The van der Waals surface area contributed by atoms with Crippen LogP contribution in [-0.2, 0) is 28.7 Å². The quantitative estimate of drug-likeness (QED) is 0.224. The number of fused-ring (bicyclic) bond motifs is 1. The van der Waals surface area contributed by atoms with Crippen molar-refractivity contribution < 1.29 is 44.0 Å². The molecule has 0 amide bonds. The second-order valence-corrected chi connectivity index (χ2v) is 11.4. The van der Waals surface area contributed by atoms with Crippen LogP contribution in [0.15, 0.2) is 69.2 Å². The topological polar surface area (TPSA) is 130 Å². The molecule has 46 heavy (non-hydrogen) atoms. The second-order valence-electron chi connectivity index (χ2n) is 11.4. The molecule has 0 unspecified atom stereocenters. The highest BCUT2D eigenvalue weighted by Crippen LogP contribution is 2.43. The van der Waals surface area contributed by atoms with Gasteiger partial charge in [-0.3, -0.25) is 4.90 Å². The molecular formula is C31H31ClF3N7O4. The summed E-state index contributed by atoms with van der Waals surface area (Å²) in [5, 5.41) is 16.3. The molecule has 2 aromatic carbocycles. The summed E-state index contributed by atoms with van der Waals surface area (Å²) in [6, 6.07) is 10.6. The third-order valence-electron chi connectivity index (χ3n) is 7.79. The summed E-state index contributed by atoms with van der Waals surface area (Å²) >= 11 is 0. The highest BCUT2D eigenvalue weighted by molar-refractivity contribution is 5.93. The normalized spacial score (nSPS) is 14.8. The molecule has 11 nitrogen and oxygen atoms in total. The Morgan fingerprint density at radius 2 is 1.93 bits per heavy atom. The van der Waals surface area contributed by atoms with Gasteiger partial charge < -0.3 is 26.0 Å². The lowest BCUT2D eigenvalue weighted by atomic mass is 9.89. The SMILES string of the molecule is COC(=O)C1=C(C)N(c2cccc(C(F)(F)F)c2)c2n[nH]c(=O)n2[C@@H]1c1ccc(C#N)cc1CC[N+](C)(C)Cc1coc(C)n1.[Cl-]. The summed E-state index contributed by atoms with van der Waals surface area (Å²) in [6.45, 7) is 4.48. The van der Waals surface area contributed by atoms with Crippen molar-refractivity contribution in [2.45, 2.75) is 39.0 Å². The number of hydrogen-bond donors (Lipinski definition) is 1. The van der Waals surface area contributed by atoms with Gasteiger partial charge in [0.2, 0.25) is 5.95 Å². The number of hydrogen-bond acceptors (Lipinski definition) is 8. The molecule has 1 N–H and O–H groups in total. The van der Waals surface area contributed by atoms with Crippen LogP contribution < -0.4 is 23.0 Å². The van der Waals surface area contributed by atoms with Gasteiger partial charge >= 0.3 is 17.8 Å². The minimum absolute atomic E-state index is 0. The number of carbonyl (C=O) groups is 1. The largest absolute Gasteiger partial charge is 1.00 e. The number of nitriles is 1. The van der Waals surface area contributed by atoms with Crippen molar-refractivity contribution in [2.24, 2.45) is 0 Å². The highest BCUT2D eigenvalue weighted by Gasteiger charge is 2.41. The minimum Gasteiger partial charge on any atom is -1.00 e. The van der Waals surface area contributed by atoms with Gasteiger partial charge in [0.05, 0.1) is 50.5 Å². The maximum absolute atomic E-state index is 13.6. The first-order valence-electron chi connectivity index (χ1n) is 13.9. The Kier molecular flexibility index (Phi) is 9.51. The summed E-state index contributed by atoms with van der Waals surface area (Å²) in [4.78, 5) is 32.5. The molecule has 5 rings (SSSR count). The predicted octanol–water partition coefficient (Wildman–Crippen LogP) is 1.77. The summed E-state index contributed by atoms with van der Waals surface area (Å²) in [5.41, 5.74) is 1.11. The van der Waals surface area contributed by atoms with Gasteiger partial charge in [-0.25, -0.2) is 24.2 Å². The van der Waals surface area contributed by atoms with Crippen molar-refractivity contribution in [2.75, 3.05) is 32.6 Å². The zero-order chi connectivity index (χ0) is 32.7. The number of H-pyrrole nitrogens is 1. The van der Waals surface area contributed by atoms with Crippen molar-refractivity contribution >= 4 is 17.6 Å². The molecule has 0 spiro atoms. The van der Waals surface area contributed by atoms with E-state index in [-0.39, 0.29) is 35.3 Å². The third-order valence-corrected chi connectivity index (χ3v) is 7.79. The fourth-order valence-corrected chi connectivity index (χ4v) is 5.66. The number of anilines is 2. The van der Waals surface area contributed by atoms with Gasteiger partial charge in [0.25, 0.3) is 0 Å². The van der Waals surface area contributed by atoms with E-state index >= 15 is 0 Å². The summed E-state index contributed by atoms with van der Waals surface area (Å²) in [5.74, 6) is -0.229. The zero-order valence-electron chi connectivity index (χ0n) is 25.6.